The molecule has 37 heavy (non-hydrogen) atoms. The lowest BCUT2D eigenvalue weighted by Crippen LogP contribution is -2.27. The van der Waals surface area contributed by atoms with E-state index >= 15 is 0 Å². The molecule has 0 atom stereocenters. The van der Waals surface area contributed by atoms with Gasteiger partial charge in [0.2, 0.25) is 0 Å². The number of benzene rings is 4. The third kappa shape index (κ3) is 7.00. The van der Waals surface area contributed by atoms with Crippen LogP contribution in [-0.4, -0.2) is 11.3 Å². The van der Waals surface area contributed by atoms with E-state index < -0.39 is 0 Å². The third-order valence-electron chi connectivity index (χ3n) is 8.08. The molecule has 2 aliphatic carbocycles. The lowest BCUT2D eigenvalue weighted by molar-refractivity contribution is 0.487. The fourth-order valence-corrected chi connectivity index (χ4v) is 10.2. The van der Waals surface area contributed by atoms with Crippen LogP contribution in [0, 0.1) is 0 Å². The van der Waals surface area contributed by atoms with Crippen molar-refractivity contribution >= 4 is 13.2 Å². The van der Waals surface area contributed by atoms with E-state index in [1.807, 2.05) is 12.1 Å². The van der Waals surface area contributed by atoms with E-state index in [0.29, 0.717) is 0 Å². The van der Waals surface area contributed by atoms with E-state index in [-0.39, 0.29) is 7.92 Å². The summed E-state index contributed by atoms with van der Waals surface area (Å²) in [6.07, 6.45) is 14.7. The van der Waals surface area contributed by atoms with Crippen molar-refractivity contribution in [3.8, 4) is 22.3 Å². The maximum absolute atomic E-state index is 2.48. The van der Waals surface area contributed by atoms with Gasteiger partial charge in [-0.1, -0.05) is 162 Å². The minimum absolute atomic E-state index is 0.0365. The molecule has 0 radical (unpaired) electrons. The summed E-state index contributed by atoms with van der Waals surface area (Å²) in [5.74, 6) is 0. The second-order valence-corrected chi connectivity index (χ2v) is 13.4. The van der Waals surface area contributed by atoms with E-state index in [9.17, 15) is 0 Å². The molecule has 0 unspecified atom stereocenters. The van der Waals surface area contributed by atoms with Gasteiger partial charge in [0, 0.05) is 0 Å². The SMILES string of the molecule is c1ccc(-c2ccccc2)cc1.c1ccc(-c2ccccc2P(C2CCCCC2)C2CCCCC2)cc1. The Labute approximate surface area is 225 Å². The van der Waals surface area contributed by atoms with Crippen molar-refractivity contribution in [2.45, 2.75) is 75.5 Å². The fourth-order valence-electron chi connectivity index (χ4n) is 6.23. The Hall–Kier alpha value is -2.69. The van der Waals surface area contributed by atoms with E-state index in [0.717, 1.165) is 11.3 Å². The number of hydrogen-bond acceptors (Lipinski definition) is 0. The minimum Gasteiger partial charge on any atom is -0.0683 e. The van der Waals surface area contributed by atoms with Crippen LogP contribution in [-0.2, 0) is 0 Å². The van der Waals surface area contributed by atoms with Gasteiger partial charge in [-0.25, -0.2) is 0 Å². The normalized spacial score (nSPS) is 16.7. The van der Waals surface area contributed by atoms with Crippen LogP contribution in [0.1, 0.15) is 64.2 Å². The summed E-state index contributed by atoms with van der Waals surface area (Å²) in [6, 6.07) is 41.3. The summed E-state index contributed by atoms with van der Waals surface area (Å²) >= 11 is 0. The second-order valence-electron chi connectivity index (χ2n) is 10.6. The molecule has 0 bridgehead atoms. The largest absolute Gasteiger partial charge is 0.0683 e. The molecule has 6 rings (SSSR count). The van der Waals surface area contributed by atoms with Crippen molar-refractivity contribution in [1.82, 2.24) is 0 Å². The van der Waals surface area contributed by atoms with Crippen molar-refractivity contribution < 1.29 is 0 Å². The molecule has 0 N–H and O–H groups in total. The summed E-state index contributed by atoms with van der Waals surface area (Å²) in [5.41, 5.74) is 7.42. The van der Waals surface area contributed by atoms with Crippen molar-refractivity contribution in [1.29, 1.82) is 0 Å². The second kappa shape index (κ2) is 13.7. The highest BCUT2D eigenvalue weighted by atomic mass is 31.1. The van der Waals surface area contributed by atoms with Gasteiger partial charge in [0.25, 0.3) is 0 Å². The first kappa shape index (κ1) is 25.9. The van der Waals surface area contributed by atoms with Crippen LogP contribution in [0.4, 0.5) is 0 Å². The van der Waals surface area contributed by atoms with Crippen LogP contribution in [0.3, 0.4) is 0 Å². The van der Waals surface area contributed by atoms with Gasteiger partial charge in [-0.2, -0.15) is 0 Å². The zero-order valence-corrected chi connectivity index (χ0v) is 23.0. The summed E-state index contributed by atoms with van der Waals surface area (Å²) in [5, 5.41) is 1.71. The van der Waals surface area contributed by atoms with Gasteiger partial charge in [0.15, 0.2) is 0 Å². The smallest absolute Gasteiger partial charge is 0.0107 e. The Morgan fingerprint density at radius 3 is 1.22 bits per heavy atom. The zero-order chi connectivity index (χ0) is 25.1. The molecule has 0 amide bonds. The quantitative estimate of drug-likeness (QED) is 0.237. The Morgan fingerprint density at radius 1 is 0.378 bits per heavy atom. The Bertz CT molecular complexity index is 1120. The summed E-state index contributed by atoms with van der Waals surface area (Å²) < 4.78 is 0. The van der Waals surface area contributed by atoms with Crippen molar-refractivity contribution in [3.63, 3.8) is 0 Å². The molecular weight excluding hydrogens is 463 g/mol. The maximum Gasteiger partial charge on any atom is -0.0107 e. The molecule has 0 heterocycles. The molecule has 2 aliphatic rings. The van der Waals surface area contributed by atoms with E-state index in [1.54, 1.807) is 5.30 Å². The average Bonchev–Trinajstić information content (AvgIpc) is 3.00. The highest BCUT2D eigenvalue weighted by molar-refractivity contribution is 7.67. The molecule has 2 fully saturated rings. The molecule has 0 saturated heterocycles. The van der Waals surface area contributed by atoms with E-state index in [1.165, 1.54) is 86.5 Å². The van der Waals surface area contributed by atoms with Gasteiger partial charge < -0.3 is 0 Å². The molecule has 190 valence electrons. The van der Waals surface area contributed by atoms with Crippen LogP contribution in [0.2, 0.25) is 0 Å². The molecule has 0 aromatic heterocycles. The molecule has 1 heteroatoms. The maximum atomic E-state index is 2.48. The predicted octanol–water partition coefficient (Wildman–Crippen LogP) is 10.5. The van der Waals surface area contributed by atoms with Gasteiger partial charge in [-0.15, -0.1) is 0 Å². The number of rotatable bonds is 5. The highest BCUT2D eigenvalue weighted by Crippen LogP contribution is 2.56. The Morgan fingerprint density at radius 2 is 0.757 bits per heavy atom. The van der Waals surface area contributed by atoms with Crippen molar-refractivity contribution in [2.24, 2.45) is 0 Å². The standard InChI is InChI=1S/C24H31P.C12H10/c1-4-12-20(13-5-1)23-18-10-11-19-24(23)25(21-14-6-2-7-15-21)22-16-8-3-9-17-22;1-3-7-11(8-4-1)12-9-5-2-6-10-12/h1,4-5,10-13,18-19,21-22H,2-3,6-9,14-17H2;1-10H. The summed E-state index contributed by atoms with van der Waals surface area (Å²) in [7, 11) is -0.0365. The predicted molar refractivity (Wildman–Crippen MR) is 164 cm³/mol. The van der Waals surface area contributed by atoms with Crippen LogP contribution in [0.15, 0.2) is 115 Å². The highest BCUT2D eigenvalue weighted by Gasteiger charge is 2.33. The van der Waals surface area contributed by atoms with Gasteiger partial charge in [0.1, 0.15) is 0 Å². The van der Waals surface area contributed by atoms with E-state index in [4.69, 9.17) is 0 Å². The molecule has 0 aliphatic heterocycles. The first-order valence-corrected chi connectivity index (χ1v) is 15.9. The summed E-state index contributed by atoms with van der Waals surface area (Å²) in [6.45, 7) is 0. The molecule has 2 saturated carbocycles. The molecule has 4 aromatic carbocycles. The van der Waals surface area contributed by atoms with Crippen LogP contribution < -0.4 is 5.30 Å². The van der Waals surface area contributed by atoms with Gasteiger partial charge >= 0.3 is 0 Å². The fraction of sp³-hybridized carbons (Fsp3) is 0.333. The lowest BCUT2D eigenvalue weighted by Gasteiger charge is -2.39. The zero-order valence-electron chi connectivity index (χ0n) is 22.1. The number of hydrogen-bond donors (Lipinski definition) is 0. The first-order valence-electron chi connectivity index (χ1n) is 14.4. The Kier molecular flexibility index (Phi) is 9.63. The van der Waals surface area contributed by atoms with Crippen molar-refractivity contribution in [2.75, 3.05) is 0 Å². The van der Waals surface area contributed by atoms with Crippen LogP contribution >= 0.6 is 7.92 Å². The molecule has 4 aromatic rings. The molecule has 0 nitrogen and oxygen atoms in total. The van der Waals surface area contributed by atoms with Crippen LogP contribution in [0.5, 0.6) is 0 Å². The van der Waals surface area contributed by atoms with Gasteiger partial charge in [-0.05, 0) is 64.6 Å². The first-order chi connectivity index (χ1) is 18.4. The average molecular weight is 505 g/mol. The van der Waals surface area contributed by atoms with Gasteiger partial charge in [0.05, 0.1) is 0 Å². The minimum atomic E-state index is -0.0365. The topological polar surface area (TPSA) is 0 Å². The van der Waals surface area contributed by atoms with E-state index in [2.05, 4.69) is 103 Å². The summed E-state index contributed by atoms with van der Waals surface area (Å²) in [4.78, 5) is 0. The van der Waals surface area contributed by atoms with Crippen molar-refractivity contribution in [3.05, 3.63) is 115 Å². The molecular formula is C36H41P. The monoisotopic (exact) mass is 504 g/mol. The third-order valence-corrected chi connectivity index (χ3v) is 11.6. The van der Waals surface area contributed by atoms with Crippen LogP contribution in [0.25, 0.3) is 22.3 Å². The lowest BCUT2D eigenvalue weighted by atomic mass is 9.99. The Balaban J connectivity index is 0.000000195. The molecule has 0 spiro atoms. The van der Waals surface area contributed by atoms with Gasteiger partial charge in [-0.3, -0.25) is 0 Å².